The van der Waals surface area contributed by atoms with E-state index in [-0.39, 0.29) is 0 Å². The smallest absolute Gasteiger partial charge is 0.143 e. The Morgan fingerprint density at radius 3 is 1.93 bits per heavy atom. The van der Waals surface area contributed by atoms with Crippen LogP contribution in [0.1, 0.15) is 0 Å². The number of hydrogen-bond donors (Lipinski definition) is 0. The maximum Gasteiger partial charge on any atom is 0.143 e. The highest BCUT2D eigenvalue weighted by Crippen LogP contribution is 2.46. The van der Waals surface area contributed by atoms with E-state index in [9.17, 15) is 0 Å². The monoisotopic (exact) mass is 732 g/mol. The van der Waals surface area contributed by atoms with Crippen LogP contribution in [0.25, 0.3) is 91.5 Å². The van der Waals surface area contributed by atoms with E-state index in [4.69, 9.17) is 4.42 Å². The molecule has 0 fully saturated rings. The Balaban J connectivity index is 1.07. The summed E-state index contributed by atoms with van der Waals surface area (Å²) < 4.78 is 11.7. The van der Waals surface area contributed by atoms with Gasteiger partial charge in [0.25, 0.3) is 0 Å². The van der Waals surface area contributed by atoms with Gasteiger partial charge >= 0.3 is 0 Å². The Morgan fingerprint density at radius 2 is 1.11 bits per heavy atom. The number of rotatable bonds is 5. The number of anilines is 3. The first-order valence-electron chi connectivity index (χ1n) is 19.0. The predicted molar refractivity (Wildman–Crippen MR) is 239 cm³/mol. The van der Waals surface area contributed by atoms with Crippen LogP contribution in [0.4, 0.5) is 17.1 Å². The summed E-state index contributed by atoms with van der Waals surface area (Å²) in [6.07, 6.45) is 0. The minimum absolute atomic E-state index is 0.873. The Hall–Kier alpha value is -7.14. The summed E-state index contributed by atoms with van der Waals surface area (Å²) in [7, 11) is 0. The minimum atomic E-state index is 0.873. The highest BCUT2D eigenvalue weighted by atomic mass is 32.1. The number of furan rings is 1. The van der Waals surface area contributed by atoms with Crippen LogP contribution < -0.4 is 4.90 Å². The summed E-state index contributed by atoms with van der Waals surface area (Å²) in [6.45, 7) is 0. The van der Waals surface area contributed by atoms with Crippen LogP contribution >= 0.6 is 11.3 Å². The normalized spacial score (nSPS) is 11.9. The molecule has 0 N–H and O–H groups in total. The van der Waals surface area contributed by atoms with Crippen LogP contribution in [0.2, 0.25) is 0 Å². The first kappa shape index (κ1) is 31.2. The van der Waals surface area contributed by atoms with Gasteiger partial charge in [0.1, 0.15) is 11.2 Å². The second-order valence-corrected chi connectivity index (χ2v) is 15.5. The number of para-hydroxylation sites is 3. The van der Waals surface area contributed by atoms with E-state index in [1.165, 1.54) is 52.9 Å². The summed E-state index contributed by atoms with van der Waals surface area (Å²) in [5.41, 5.74) is 10.9. The minimum Gasteiger partial charge on any atom is -0.455 e. The van der Waals surface area contributed by atoms with E-state index >= 15 is 0 Å². The SMILES string of the molecule is c1ccc(-n2c3ccccc3c3ccccc32)c(-c2ccc(N(c3ccc4sc5ccccc5c4c3)c3cccc4oc5c6ccccc6ccc5c34)cc2)c1. The number of fused-ring (bicyclic) bond motifs is 11. The first-order valence-corrected chi connectivity index (χ1v) is 19.8. The van der Waals surface area contributed by atoms with Gasteiger partial charge in [0.05, 0.1) is 27.8 Å². The molecule has 3 heterocycles. The van der Waals surface area contributed by atoms with Crippen molar-refractivity contribution in [2.75, 3.05) is 4.90 Å². The molecular formula is C52H32N2OS. The quantitative estimate of drug-likeness (QED) is 0.176. The van der Waals surface area contributed by atoms with E-state index in [0.717, 1.165) is 55.6 Å². The van der Waals surface area contributed by atoms with Gasteiger partial charge < -0.3 is 13.9 Å². The fourth-order valence-electron chi connectivity index (χ4n) is 8.89. The lowest BCUT2D eigenvalue weighted by molar-refractivity contribution is 0.672. The van der Waals surface area contributed by atoms with Crippen LogP contribution in [-0.4, -0.2) is 4.57 Å². The second kappa shape index (κ2) is 12.2. The third-order valence-electron chi connectivity index (χ3n) is 11.4. The summed E-state index contributed by atoms with van der Waals surface area (Å²) in [5.74, 6) is 0. The lowest BCUT2D eigenvalue weighted by Gasteiger charge is -2.27. The molecule has 0 atom stereocenters. The standard InChI is InChI=1S/C52H32N2OS/c1-2-14-38-33(12-1)26-30-42-51-47(21-11-22-48(51)55-52(38)42)53(36-29-31-50-43(32-36)41-17-6-10-23-49(41)56-50)35-27-24-34(25-28-35)37-13-3-7-18-44(37)54-45-19-8-4-15-39(45)40-16-5-9-20-46(40)54/h1-32H. The number of aromatic nitrogens is 1. The van der Waals surface area contributed by atoms with Crippen molar-refractivity contribution in [2.24, 2.45) is 0 Å². The lowest BCUT2D eigenvalue weighted by Crippen LogP contribution is -2.10. The molecule has 4 heteroatoms. The average molecular weight is 733 g/mol. The molecule has 9 aromatic carbocycles. The predicted octanol–water partition coefficient (Wildman–Crippen LogP) is 15.3. The summed E-state index contributed by atoms with van der Waals surface area (Å²) in [6, 6.07) is 70.2. The number of benzene rings is 9. The van der Waals surface area contributed by atoms with Crippen molar-refractivity contribution in [3.05, 3.63) is 194 Å². The molecule has 0 aliphatic rings. The molecule has 262 valence electrons. The first-order chi connectivity index (χ1) is 27.8. The fraction of sp³-hybridized carbons (Fsp3) is 0. The highest BCUT2D eigenvalue weighted by Gasteiger charge is 2.22. The van der Waals surface area contributed by atoms with Crippen molar-refractivity contribution in [3.63, 3.8) is 0 Å². The number of thiophene rings is 1. The van der Waals surface area contributed by atoms with E-state index in [2.05, 4.69) is 204 Å². The Bertz CT molecular complexity index is 3440. The van der Waals surface area contributed by atoms with Crippen molar-refractivity contribution in [2.45, 2.75) is 0 Å². The van der Waals surface area contributed by atoms with Crippen LogP contribution in [0.3, 0.4) is 0 Å². The average Bonchev–Trinajstić information content (AvgIpc) is 3.94. The zero-order valence-electron chi connectivity index (χ0n) is 30.2. The molecule has 0 saturated carbocycles. The molecule has 56 heavy (non-hydrogen) atoms. The summed E-state index contributed by atoms with van der Waals surface area (Å²) in [5, 5.41) is 9.56. The molecule has 3 aromatic heterocycles. The molecule has 0 aliphatic heterocycles. The zero-order chi connectivity index (χ0) is 36.7. The van der Waals surface area contributed by atoms with Gasteiger partial charge in [0, 0.05) is 58.7 Å². The Morgan fingerprint density at radius 1 is 0.446 bits per heavy atom. The Kier molecular flexibility index (Phi) is 6.80. The van der Waals surface area contributed by atoms with Gasteiger partial charge in [0.2, 0.25) is 0 Å². The molecular weight excluding hydrogens is 701 g/mol. The topological polar surface area (TPSA) is 21.3 Å². The van der Waals surface area contributed by atoms with Crippen molar-refractivity contribution in [1.82, 2.24) is 4.57 Å². The molecule has 0 unspecified atom stereocenters. The van der Waals surface area contributed by atoms with E-state index in [1.54, 1.807) is 0 Å². The van der Waals surface area contributed by atoms with E-state index in [1.807, 2.05) is 11.3 Å². The van der Waals surface area contributed by atoms with Crippen LogP contribution in [0.5, 0.6) is 0 Å². The molecule has 0 bridgehead atoms. The Labute approximate surface area is 326 Å². The molecule has 0 saturated heterocycles. The zero-order valence-corrected chi connectivity index (χ0v) is 31.0. The second-order valence-electron chi connectivity index (χ2n) is 14.5. The maximum absolute atomic E-state index is 6.70. The molecule has 0 radical (unpaired) electrons. The maximum atomic E-state index is 6.70. The van der Waals surface area contributed by atoms with Gasteiger partial charge in [-0.3, -0.25) is 0 Å². The molecule has 12 rings (SSSR count). The number of hydrogen-bond acceptors (Lipinski definition) is 3. The van der Waals surface area contributed by atoms with Crippen LogP contribution in [0, 0.1) is 0 Å². The largest absolute Gasteiger partial charge is 0.455 e. The fourth-order valence-corrected chi connectivity index (χ4v) is 9.97. The lowest BCUT2D eigenvalue weighted by atomic mass is 10.0. The van der Waals surface area contributed by atoms with Crippen molar-refractivity contribution in [3.8, 4) is 16.8 Å². The van der Waals surface area contributed by atoms with Gasteiger partial charge in [-0.15, -0.1) is 11.3 Å². The summed E-state index contributed by atoms with van der Waals surface area (Å²) in [4.78, 5) is 2.40. The number of nitrogens with zero attached hydrogens (tertiary/aromatic N) is 2. The van der Waals surface area contributed by atoms with Crippen molar-refractivity contribution in [1.29, 1.82) is 0 Å². The van der Waals surface area contributed by atoms with E-state index in [0.29, 0.717) is 0 Å². The van der Waals surface area contributed by atoms with Gasteiger partial charge in [-0.2, -0.15) is 0 Å². The van der Waals surface area contributed by atoms with Gasteiger partial charge in [-0.05, 0) is 83.7 Å². The third kappa shape index (κ3) is 4.63. The van der Waals surface area contributed by atoms with Gasteiger partial charge in [-0.25, -0.2) is 0 Å². The van der Waals surface area contributed by atoms with Crippen LogP contribution in [-0.2, 0) is 0 Å². The summed E-state index contributed by atoms with van der Waals surface area (Å²) >= 11 is 1.85. The van der Waals surface area contributed by atoms with E-state index < -0.39 is 0 Å². The highest BCUT2D eigenvalue weighted by molar-refractivity contribution is 7.25. The van der Waals surface area contributed by atoms with Crippen molar-refractivity contribution < 1.29 is 4.42 Å². The van der Waals surface area contributed by atoms with Gasteiger partial charge in [0.15, 0.2) is 0 Å². The molecule has 0 amide bonds. The molecule has 3 nitrogen and oxygen atoms in total. The van der Waals surface area contributed by atoms with Crippen LogP contribution in [0.15, 0.2) is 199 Å². The van der Waals surface area contributed by atoms with Crippen molar-refractivity contribution >= 4 is 103 Å². The molecule has 0 aliphatic carbocycles. The van der Waals surface area contributed by atoms with Gasteiger partial charge in [-0.1, -0.05) is 121 Å². The third-order valence-corrected chi connectivity index (χ3v) is 12.5. The molecule has 12 aromatic rings. The molecule has 0 spiro atoms.